The van der Waals surface area contributed by atoms with Crippen molar-refractivity contribution in [2.75, 3.05) is 0 Å². The molecule has 0 radical (unpaired) electrons. The van der Waals surface area contributed by atoms with E-state index >= 15 is 0 Å². The summed E-state index contributed by atoms with van der Waals surface area (Å²) in [4.78, 5) is 0. The number of hydrogen-bond donors (Lipinski definition) is 1. The van der Waals surface area contributed by atoms with Crippen LogP contribution < -0.4 is 5.73 Å². The van der Waals surface area contributed by atoms with Crippen LogP contribution in [-0.4, -0.2) is 6.04 Å². The second-order valence-corrected chi connectivity index (χ2v) is 4.39. The van der Waals surface area contributed by atoms with Gasteiger partial charge >= 0.3 is 0 Å². The van der Waals surface area contributed by atoms with Crippen molar-refractivity contribution in [3.63, 3.8) is 0 Å². The maximum Gasteiger partial charge on any atom is 0.124 e. The van der Waals surface area contributed by atoms with Crippen LogP contribution >= 0.6 is 11.3 Å². The third-order valence-corrected chi connectivity index (χ3v) is 2.92. The van der Waals surface area contributed by atoms with Crippen LogP contribution in [-0.2, 0) is 0 Å². The number of benzene rings is 1. The van der Waals surface area contributed by atoms with E-state index in [0.29, 0.717) is 6.04 Å². The molecule has 1 aliphatic carbocycles. The van der Waals surface area contributed by atoms with Crippen LogP contribution in [0.2, 0.25) is 0 Å². The topological polar surface area (TPSA) is 26.0 Å². The third kappa shape index (κ3) is 2.53. The molecule has 1 aromatic carbocycles. The molecule has 1 saturated carbocycles. The first kappa shape index (κ1) is 9.62. The van der Waals surface area contributed by atoms with Crippen LogP contribution in [0.15, 0.2) is 29.6 Å². The zero-order valence-electron chi connectivity index (χ0n) is 7.74. The van der Waals surface area contributed by atoms with Crippen LogP contribution in [0.25, 0.3) is 10.1 Å². The van der Waals surface area contributed by atoms with Gasteiger partial charge in [-0.15, -0.1) is 11.3 Å². The Bertz CT molecular complexity index is 420. The Hall–Kier alpha value is -0.930. The van der Waals surface area contributed by atoms with Gasteiger partial charge in [0.25, 0.3) is 0 Å². The smallest absolute Gasteiger partial charge is 0.124 e. The lowest BCUT2D eigenvalue weighted by Crippen LogP contribution is -1.94. The lowest BCUT2D eigenvalue weighted by Gasteiger charge is -1.86. The molecule has 0 atom stereocenters. The number of fused-ring (bicyclic) bond motifs is 1. The van der Waals surface area contributed by atoms with Crippen molar-refractivity contribution in [1.29, 1.82) is 0 Å². The van der Waals surface area contributed by atoms with E-state index in [2.05, 4.69) is 0 Å². The minimum absolute atomic E-state index is 0.157. The van der Waals surface area contributed by atoms with E-state index < -0.39 is 0 Å². The molecular weight excluding hydrogens is 197 g/mol. The van der Waals surface area contributed by atoms with Crippen molar-refractivity contribution >= 4 is 21.4 Å². The van der Waals surface area contributed by atoms with Gasteiger partial charge in [0.15, 0.2) is 0 Å². The maximum absolute atomic E-state index is 12.5. The Morgan fingerprint density at radius 1 is 1.29 bits per heavy atom. The fourth-order valence-electron chi connectivity index (χ4n) is 1.02. The number of nitrogens with two attached hydrogens (primary N) is 1. The van der Waals surface area contributed by atoms with E-state index in [9.17, 15) is 4.39 Å². The summed E-state index contributed by atoms with van der Waals surface area (Å²) in [6.07, 6.45) is 2.53. The molecule has 1 fully saturated rings. The summed E-state index contributed by atoms with van der Waals surface area (Å²) in [5.74, 6) is -0.157. The highest BCUT2D eigenvalue weighted by molar-refractivity contribution is 7.17. The number of thiophene rings is 1. The second kappa shape index (κ2) is 4.07. The summed E-state index contributed by atoms with van der Waals surface area (Å²) < 4.78 is 13.5. The number of halogens is 1. The first-order valence-electron chi connectivity index (χ1n) is 4.64. The fourth-order valence-corrected chi connectivity index (χ4v) is 1.84. The minimum atomic E-state index is -0.157. The van der Waals surface area contributed by atoms with Gasteiger partial charge in [-0.3, -0.25) is 0 Å². The zero-order chi connectivity index (χ0) is 9.97. The average molecular weight is 209 g/mol. The molecule has 2 N–H and O–H groups in total. The summed E-state index contributed by atoms with van der Waals surface area (Å²) in [6, 6.07) is 7.40. The van der Waals surface area contributed by atoms with E-state index in [1.165, 1.54) is 18.9 Å². The Kier molecular flexibility index (Phi) is 2.79. The molecule has 1 aromatic heterocycles. The van der Waals surface area contributed by atoms with Crippen LogP contribution in [0.3, 0.4) is 0 Å². The van der Waals surface area contributed by atoms with Crippen LogP contribution in [0.5, 0.6) is 0 Å². The summed E-state index contributed by atoms with van der Waals surface area (Å²) >= 11 is 1.56. The van der Waals surface area contributed by atoms with E-state index in [1.54, 1.807) is 23.5 Å². The van der Waals surface area contributed by atoms with Gasteiger partial charge in [-0.25, -0.2) is 4.39 Å². The van der Waals surface area contributed by atoms with Crippen molar-refractivity contribution in [2.45, 2.75) is 18.9 Å². The molecule has 1 nitrogen and oxygen atoms in total. The quantitative estimate of drug-likeness (QED) is 0.708. The highest BCUT2D eigenvalue weighted by atomic mass is 32.1. The van der Waals surface area contributed by atoms with E-state index in [-0.39, 0.29) is 5.82 Å². The largest absolute Gasteiger partial charge is 0.328 e. The molecular formula is C11H12FNS. The van der Waals surface area contributed by atoms with Gasteiger partial charge in [-0.2, -0.15) is 0 Å². The summed E-state index contributed by atoms with van der Waals surface area (Å²) in [5.41, 5.74) is 5.22. The maximum atomic E-state index is 12.5. The standard InChI is InChI=1S/C8H5FS.C3H7N/c9-7-2-1-6-3-4-10-8(6)5-7;4-3-1-2-3/h1-5H;3H,1-2,4H2. The van der Waals surface area contributed by atoms with Gasteiger partial charge < -0.3 is 5.73 Å². The molecule has 1 aliphatic rings. The summed E-state index contributed by atoms with van der Waals surface area (Å²) in [6.45, 7) is 0. The zero-order valence-corrected chi connectivity index (χ0v) is 8.56. The average Bonchev–Trinajstić information content (AvgIpc) is 2.82. The lowest BCUT2D eigenvalue weighted by atomic mass is 10.3. The fraction of sp³-hybridized carbons (Fsp3) is 0.273. The van der Waals surface area contributed by atoms with Crippen LogP contribution in [0, 0.1) is 5.82 Å². The molecule has 0 unspecified atom stereocenters. The van der Waals surface area contributed by atoms with Gasteiger partial charge in [0.2, 0.25) is 0 Å². The number of hydrogen-bond acceptors (Lipinski definition) is 2. The predicted molar refractivity (Wildman–Crippen MR) is 59.0 cm³/mol. The molecule has 74 valence electrons. The SMILES string of the molecule is Fc1ccc2ccsc2c1.NC1CC1. The monoisotopic (exact) mass is 209 g/mol. The molecule has 14 heavy (non-hydrogen) atoms. The molecule has 3 heteroatoms. The Labute approximate surface area is 86.4 Å². The van der Waals surface area contributed by atoms with Crippen molar-refractivity contribution in [2.24, 2.45) is 5.73 Å². The van der Waals surface area contributed by atoms with Gasteiger partial charge in [-0.05, 0) is 41.8 Å². The minimum Gasteiger partial charge on any atom is -0.328 e. The van der Waals surface area contributed by atoms with Crippen molar-refractivity contribution in [3.05, 3.63) is 35.5 Å². The summed E-state index contributed by atoms with van der Waals surface area (Å²) in [7, 11) is 0. The molecule has 0 amide bonds. The second-order valence-electron chi connectivity index (χ2n) is 3.44. The van der Waals surface area contributed by atoms with Gasteiger partial charge in [0, 0.05) is 10.7 Å². The first-order valence-corrected chi connectivity index (χ1v) is 5.52. The first-order chi connectivity index (χ1) is 6.75. The Morgan fingerprint density at radius 3 is 2.64 bits per heavy atom. The van der Waals surface area contributed by atoms with E-state index in [1.807, 2.05) is 11.4 Å². The van der Waals surface area contributed by atoms with Gasteiger partial charge in [-0.1, -0.05) is 6.07 Å². The number of rotatable bonds is 0. The molecule has 1 heterocycles. The van der Waals surface area contributed by atoms with Crippen LogP contribution in [0.4, 0.5) is 4.39 Å². The third-order valence-electron chi connectivity index (χ3n) is 2.04. The highest BCUT2D eigenvalue weighted by Gasteiger charge is 2.13. The van der Waals surface area contributed by atoms with Crippen LogP contribution in [0.1, 0.15) is 12.8 Å². The Balaban J connectivity index is 0.000000157. The van der Waals surface area contributed by atoms with Gasteiger partial charge in [0.05, 0.1) is 0 Å². The molecule has 2 aromatic rings. The lowest BCUT2D eigenvalue weighted by molar-refractivity contribution is 0.630. The predicted octanol–water partition coefficient (Wildman–Crippen LogP) is 3.15. The molecule has 0 saturated heterocycles. The highest BCUT2D eigenvalue weighted by Crippen LogP contribution is 2.20. The van der Waals surface area contributed by atoms with Crippen molar-refractivity contribution in [1.82, 2.24) is 0 Å². The van der Waals surface area contributed by atoms with Crippen molar-refractivity contribution in [3.8, 4) is 0 Å². The molecule has 0 aliphatic heterocycles. The van der Waals surface area contributed by atoms with Gasteiger partial charge in [0.1, 0.15) is 5.82 Å². The van der Waals surface area contributed by atoms with Crippen molar-refractivity contribution < 1.29 is 4.39 Å². The summed E-state index contributed by atoms with van der Waals surface area (Å²) in [5, 5.41) is 3.08. The molecule has 3 rings (SSSR count). The Morgan fingerprint density at radius 2 is 2.00 bits per heavy atom. The molecule has 0 spiro atoms. The molecule has 0 bridgehead atoms. The van der Waals surface area contributed by atoms with E-state index in [4.69, 9.17) is 5.73 Å². The van der Waals surface area contributed by atoms with E-state index in [0.717, 1.165) is 10.1 Å². The normalized spacial score (nSPS) is 15.0.